The van der Waals surface area contributed by atoms with Gasteiger partial charge in [0.15, 0.2) is 0 Å². The lowest BCUT2D eigenvalue weighted by Crippen LogP contribution is -2.03. The second-order valence-corrected chi connectivity index (χ2v) is 4.81. The van der Waals surface area contributed by atoms with Gasteiger partial charge in [-0.1, -0.05) is 6.07 Å². The van der Waals surface area contributed by atoms with Gasteiger partial charge in [0.1, 0.15) is 5.58 Å². The van der Waals surface area contributed by atoms with E-state index in [4.69, 9.17) is 16.0 Å². The Morgan fingerprint density at radius 2 is 2.11 bits per heavy atom. The van der Waals surface area contributed by atoms with Crippen LogP contribution in [0.25, 0.3) is 22.1 Å². The fraction of sp³-hybridized carbons (Fsp3) is 0.143. The van der Waals surface area contributed by atoms with Gasteiger partial charge in [-0.2, -0.15) is 0 Å². The van der Waals surface area contributed by atoms with E-state index in [1.165, 1.54) is 0 Å². The summed E-state index contributed by atoms with van der Waals surface area (Å²) in [7, 11) is 0. The van der Waals surface area contributed by atoms with E-state index in [2.05, 4.69) is 4.98 Å². The van der Waals surface area contributed by atoms with Gasteiger partial charge in [0.05, 0.1) is 16.1 Å². The minimum atomic E-state index is -0.140. The van der Waals surface area contributed by atoms with E-state index in [0.717, 1.165) is 5.56 Å². The highest BCUT2D eigenvalue weighted by Gasteiger charge is 2.10. The summed E-state index contributed by atoms with van der Waals surface area (Å²) in [6, 6.07) is 8.84. The van der Waals surface area contributed by atoms with Gasteiger partial charge in [0.2, 0.25) is 11.1 Å². The van der Waals surface area contributed by atoms with Crippen LogP contribution in [-0.2, 0) is 0 Å². The highest BCUT2D eigenvalue weighted by Crippen LogP contribution is 2.24. The first-order valence-electron chi connectivity index (χ1n) is 5.62. The molecule has 0 amide bonds. The average Bonchev–Trinajstić information content (AvgIpc) is 2.38. The molecule has 2 heterocycles. The first kappa shape index (κ1) is 11.2. The summed E-state index contributed by atoms with van der Waals surface area (Å²) >= 11 is 6.03. The second-order valence-electron chi connectivity index (χ2n) is 4.16. The molecule has 2 aromatic heterocycles. The minimum Gasteiger partial charge on any atom is -0.437 e. The van der Waals surface area contributed by atoms with E-state index in [9.17, 15) is 4.79 Å². The smallest absolute Gasteiger partial charge is 0.230 e. The number of rotatable bonds is 1. The monoisotopic (exact) mass is 259 g/mol. The summed E-state index contributed by atoms with van der Waals surface area (Å²) in [5, 5.41) is 0.892. The zero-order valence-corrected chi connectivity index (χ0v) is 10.4. The van der Waals surface area contributed by atoms with Crippen LogP contribution < -0.4 is 5.43 Å². The summed E-state index contributed by atoms with van der Waals surface area (Å²) < 4.78 is 5.61. The third-order valence-electron chi connectivity index (χ3n) is 2.93. The van der Waals surface area contributed by atoms with Gasteiger partial charge in [0, 0.05) is 6.20 Å². The lowest BCUT2D eigenvalue weighted by Gasteiger charge is -2.05. The number of hydrogen-bond donors (Lipinski definition) is 0. The molecule has 0 saturated carbocycles. The van der Waals surface area contributed by atoms with Crippen LogP contribution in [-0.4, -0.2) is 4.98 Å². The van der Waals surface area contributed by atoms with Crippen molar-refractivity contribution in [3.63, 3.8) is 0 Å². The molecule has 3 rings (SSSR count). The Bertz CT molecular complexity index is 793. The van der Waals surface area contributed by atoms with Crippen LogP contribution in [0.4, 0.5) is 0 Å². The Labute approximate surface area is 108 Å². The largest absolute Gasteiger partial charge is 0.437 e. The van der Waals surface area contributed by atoms with Crippen LogP contribution in [0.5, 0.6) is 0 Å². The van der Waals surface area contributed by atoms with Gasteiger partial charge in [-0.15, -0.1) is 11.6 Å². The number of fused-ring (bicyclic) bond motifs is 2. The second kappa shape index (κ2) is 4.10. The predicted molar refractivity (Wildman–Crippen MR) is 72.1 cm³/mol. The number of alkyl halides is 1. The molecule has 4 heteroatoms. The molecule has 0 aliphatic rings. The molecule has 90 valence electrons. The van der Waals surface area contributed by atoms with E-state index >= 15 is 0 Å². The Hall–Kier alpha value is -1.87. The van der Waals surface area contributed by atoms with Crippen molar-refractivity contribution < 1.29 is 4.42 Å². The molecule has 0 saturated heterocycles. The predicted octanol–water partition coefficient (Wildman–Crippen LogP) is 3.64. The van der Waals surface area contributed by atoms with E-state index in [1.54, 1.807) is 30.5 Å². The van der Waals surface area contributed by atoms with Crippen LogP contribution in [0.1, 0.15) is 17.9 Å². The topological polar surface area (TPSA) is 43.1 Å². The van der Waals surface area contributed by atoms with E-state index < -0.39 is 0 Å². The molecule has 18 heavy (non-hydrogen) atoms. The van der Waals surface area contributed by atoms with Crippen LogP contribution >= 0.6 is 11.6 Å². The Morgan fingerprint density at radius 3 is 2.89 bits per heavy atom. The van der Waals surface area contributed by atoms with E-state index in [-0.39, 0.29) is 10.8 Å². The summed E-state index contributed by atoms with van der Waals surface area (Å²) in [6.45, 7) is 1.87. The first-order chi connectivity index (χ1) is 8.66. The molecule has 1 atom stereocenters. The van der Waals surface area contributed by atoms with Gasteiger partial charge >= 0.3 is 0 Å². The number of halogens is 1. The fourth-order valence-corrected chi connectivity index (χ4v) is 2.09. The Balaban J connectivity index is 2.45. The van der Waals surface area contributed by atoms with Crippen LogP contribution in [0.15, 0.2) is 45.7 Å². The maximum Gasteiger partial charge on any atom is 0.230 e. The average molecular weight is 260 g/mol. The summed E-state index contributed by atoms with van der Waals surface area (Å²) in [4.78, 5) is 16.4. The normalized spacial score (nSPS) is 13.0. The van der Waals surface area contributed by atoms with Gasteiger partial charge < -0.3 is 4.42 Å². The molecule has 0 bridgehead atoms. The van der Waals surface area contributed by atoms with Crippen LogP contribution in [0.2, 0.25) is 0 Å². The standard InChI is InChI=1S/C14H10ClNO2/c1-8(15)9-4-5-12-11(7-9)13(17)10-3-2-6-16-14(10)18-12/h2-8H,1H3. The molecule has 0 aliphatic carbocycles. The molecule has 0 N–H and O–H groups in total. The Kier molecular flexibility index (Phi) is 2.56. The van der Waals surface area contributed by atoms with Crippen molar-refractivity contribution in [1.82, 2.24) is 4.98 Å². The Morgan fingerprint density at radius 1 is 1.28 bits per heavy atom. The fourth-order valence-electron chi connectivity index (χ4n) is 1.96. The summed E-state index contributed by atoms with van der Waals surface area (Å²) in [6.07, 6.45) is 1.60. The maximum atomic E-state index is 12.3. The number of benzene rings is 1. The van der Waals surface area contributed by atoms with Gasteiger partial charge in [-0.25, -0.2) is 4.98 Å². The number of aromatic nitrogens is 1. The van der Waals surface area contributed by atoms with Crippen molar-refractivity contribution in [2.75, 3.05) is 0 Å². The third kappa shape index (κ3) is 1.68. The molecular formula is C14H10ClNO2. The lowest BCUT2D eigenvalue weighted by molar-refractivity contribution is 0.644. The number of hydrogen-bond acceptors (Lipinski definition) is 3. The van der Waals surface area contributed by atoms with Crippen molar-refractivity contribution >= 4 is 33.7 Å². The highest BCUT2D eigenvalue weighted by atomic mass is 35.5. The molecule has 0 spiro atoms. The van der Waals surface area contributed by atoms with Gasteiger partial charge in [0.25, 0.3) is 0 Å². The van der Waals surface area contributed by atoms with Gasteiger partial charge in [-0.05, 0) is 36.8 Å². The highest BCUT2D eigenvalue weighted by molar-refractivity contribution is 6.20. The van der Waals surface area contributed by atoms with Crippen LogP contribution in [0, 0.1) is 0 Å². The maximum absolute atomic E-state index is 12.3. The van der Waals surface area contributed by atoms with E-state index in [1.807, 2.05) is 13.0 Å². The lowest BCUT2D eigenvalue weighted by atomic mass is 10.1. The van der Waals surface area contributed by atoms with Crippen molar-refractivity contribution in [3.8, 4) is 0 Å². The van der Waals surface area contributed by atoms with Crippen molar-refractivity contribution in [1.29, 1.82) is 0 Å². The number of pyridine rings is 1. The van der Waals surface area contributed by atoms with Crippen LogP contribution in [0.3, 0.4) is 0 Å². The molecule has 0 aliphatic heterocycles. The molecule has 3 nitrogen and oxygen atoms in total. The molecule has 0 fully saturated rings. The summed E-state index contributed by atoms with van der Waals surface area (Å²) in [5.41, 5.74) is 1.73. The zero-order valence-electron chi connectivity index (χ0n) is 9.68. The molecule has 3 aromatic rings. The van der Waals surface area contributed by atoms with E-state index in [0.29, 0.717) is 22.1 Å². The molecule has 1 aromatic carbocycles. The molecule has 0 radical (unpaired) electrons. The van der Waals surface area contributed by atoms with Crippen molar-refractivity contribution in [2.24, 2.45) is 0 Å². The third-order valence-corrected chi connectivity index (χ3v) is 3.18. The quantitative estimate of drug-likeness (QED) is 0.495. The number of nitrogens with zero attached hydrogens (tertiary/aromatic N) is 1. The SMILES string of the molecule is CC(Cl)c1ccc2oc3ncccc3c(=O)c2c1. The van der Waals surface area contributed by atoms with Crippen molar-refractivity contribution in [2.45, 2.75) is 12.3 Å². The van der Waals surface area contributed by atoms with Crippen molar-refractivity contribution in [3.05, 3.63) is 52.3 Å². The molecular weight excluding hydrogens is 250 g/mol. The van der Waals surface area contributed by atoms with Gasteiger partial charge in [-0.3, -0.25) is 4.79 Å². The zero-order chi connectivity index (χ0) is 12.7. The summed E-state index contributed by atoms with van der Waals surface area (Å²) in [5.74, 6) is 0. The molecule has 1 unspecified atom stereocenters. The first-order valence-corrected chi connectivity index (χ1v) is 6.06. The minimum absolute atomic E-state index is 0.0708.